The van der Waals surface area contributed by atoms with Gasteiger partial charge in [0.1, 0.15) is 24.4 Å². The van der Waals surface area contributed by atoms with Gasteiger partial charge in [0.15, 0.2) is 0 Å². The predicted molar refractivity (Wildman–Crippen MR) is 157 cm³/mol. The number of fused-ring (bicyclic) bond motifs is 2. The van der Waals surface area contributed by atoms with E-state index in [1.807, 2.05) is 24.3 Å². The normalized spacial score (nSPS) is 11.2. The molecular weight excluding hydrogens is 528 g/mol. The Bertz CT molecular complexity index is 1420. The van der Waals surface area contributed by atoms with Gasteiger partial charge < -0.3 is 14.1 Å². The highest BCUT2D eigenvalue weighted by Gasteiger charge is 2.23. The van der Waals surface area contributed by atoms with Gasteiger partial charge in [0.2, 0.25) is 5.36 Å². The second-order valence-corrected chi connectivity index (χ2v) is 9.70. The second kappa shape index (κ2) is 12.4. The average molecular weight is 565 g/mol. The van der Waals surface area contributed by atoms with Crippen LogP contribution in [0.1, 0.15) is 44.5 Å². The standard InChI is InChI=1S/C31H36BrN2O3/c1-5-33(6-2)22-14-16-26-28(20-22)37-29-21-23(34(7-3)8-4)15-17-27(29)30(26)24-12-9-10-13-25(24)31(35)36-19-11-18-32/h9-10,12-17,20-21H,5-8,11,18-19H2,1-4H3/q+1. The molecule has 0 aromatic heterocycles. The van der Waals surface area contributed by atoms with Gasteiger partial charge in [0, 0.05) is 52.8 Å². The molecule has 0 fully saturated rings. The Hall–Kier alpha value is -3.12. The first-order valence-corrected chi connectivity index (χ1v) is 14.3. The molecule has 6 heteroatoms. The zero-order valence-electron chi connectivity index (χ0n) is 22.2. The maximum atomic E-state index is 13.2. The maximum absolute atomic E-state index is 13.2. The lowest BCUT2D eigenvalue weighted by Gasteiger charge is -2.22. The smallest absolute Gasteiger partial charge is 0.338 e. The van der Waals surface area contributed by atoms with Crippen LogP contribution in [-0.2, 0) is 4.74 Å². The third-order valence-electron chi connectivity index (χ3n) is 6.87. The molecule has 5 nitrogen and oxygen atoms in total. The van der Waals surface area contributed by atoms with Crippen molar-refractivity contribution in [3.05, 3.63) is 71.6 Å². The number of ether oxygens (including phenoxy) is 1. The summed E-state index contributed by atoms with van der Waals surface area (Å²) in [6.07, 6.45) is 0.770. The van der Waals surface area contributed by atoms with E-state index in [9.17, 15) is 4.79 Å². The summed E-state index contributed by atoms with van der Waals surface area (Å²) < 4.78 is 14.5. The van der Waals surface area contributed by atoms with Gasteiger partial charge >= 0.3 is 5.97 Å². The van der Waals surface area contributed by atoms with Crippen LogP contribution in [0.2, 0.25) is 0 Å². The molecule has 2 aromatic rings. The molecule has 2 aliphatic rings. The lowest BCUT2D eigenvalue weighted by atomic mass is 9.90. The van der Waals surface area contributed by atoms with E-state index in [0.29, 0.717) is 12.2 Å². The Labute approximate surface area is 227 Å². The first kappa shape index (κ1) is 26.9. The van der Waals surface area contributed by atoms with Crippen molar-refractivity contribution in [1.29, 1.82) is 0 Å². The van der Waals surface area contributed by atoms with Crippen LogP contribution in [0.5, 0.6) is 0 Å². The van der Waals surface area contributed by atoms with E-state index in [4.69, 9.17) is 9.15 Å². The monoisotopic (exact) mass is 563 g/mol. The fourth-order valence-electron chi connectivity index (χ4n) is 4.90. The number of carbonyl (C=O) groups excluding carboxylic acids is 1. The number of halogens is 1. The summed E-state index contributed by atoms with van der Waals surface area (Å²) in [5.41, 5.74) is 5.29. The highest BCUT2D eigenvalue weighted by molar-refractivity contribution is 9.09. The highest BCUT2D eigenvalue weighted by Crippen LogP contribution is 2.42. The van der Waals surface area contributed by atoms with Crippen LogP contribution in [0.3, 0.4) is 0 Å². The van der Waals surface area contributed by atoms with Crippen LogP contribution in [0, 0.1) is 0 Å². The van der Waals surface area contributed by atoms with E-state index in [1.165, 1.54) is 0 Å². The molecule has 0 amide bonds. The molecule has 194 valence electrons. The predicted octanol–water partition coefficient (Wildman–Crippen LogP) is 6.80. The van der Waals surface area contributed by atoms with Crippen molar-refractivity contribution in [2.45, 2.75) is 34.1 Å². The number of anilines is 1. The Morgan fingerprint density at radius 2 is 1.70 bits per heavy atom. The van der Waals surface area contributed by atoms with Crippen molar-refractivity contribution in [2.75, 3.05) is 43.0 Å². The number of alkyl halides is 1. The number of hydrogen-bond acceptors (Lipinski definition) is 4. The second-order valence-electron chi connectivity index (χ2n) is 8.91. The molecule has 2 aromatic carbocycles. The Morgan fingerprint density at radius 1 is 0.946 bits per heavy atom. The van der Waals surface area contributed by atoms with E-state index >= 15 is 0 Å². The lowest BCUT2D eigenvalue weighted by molar-refractivity contribution is 0.0507. The van der Waals surface area contributed by atoms with Crippen LogP contribution in [-0.4, -0.2) is 44.1 Å². The summed E-state index contributed by atoms with van der Waals surface area (Å²) in [7, 11) is 0. The lowest BCUT2D eigenvalue weighted by Crippen LogP contribution is -2.29. The van der Waals surface area contributed by atoms with Crippen molar-refractivity contribution in [1.82, 2.24) is 4.58 Å². The van der Waals surface area contributed by atoms with Crippen molar-refractivity contribution in [2.24, 2.45) is 0 Å². The number of hydrogen-bond donors (Lipinski definition) is 0. The Kier molecular flexibility index (Phi) is 9.04. The maximum Gasteiger partial charge on any atom is 0.338 e. The van der Waals surface area contributed by atoms with Crippen molar-refractivity contribution in [3.63, 3.8) is 0 Å². The summed E-state index contributed by atoms with van der Waals surface area (Å²) in [6.45, 7) is 12.7. The van der Waals surface area contributed by atoms with E-state index in [0.717, 1.165) is 82.4 Å². The molecule has 0 saturated heterocycles. The van der Waals surface area contributed by atoms with Crippen LogP contribution >= 0.6 is 15.9 Å². The number of nitrogens with zero attached hydrogens (tertiary/aromatic N) is 2. The van der Waals surface area contributed by atoms with Gasteiger partial charge in [-0.3, -0.25) is 0 Å². The minimum absolute atomic E-state index is 0.307. The topological polar surface area (TPSA) is 45.7 Å². The molecule has 1 aliphatic carbocycles. The molecule has 0 spiro atoms. The van der Waals surface area contributed by atoms with Crippen molar-refractivity contribution >= 4 is 38.6 Å². The van der Waals surface area contributed by atoms with Crippen LogP contribution in [0.4, 0.5) is 5.69 Å². The van der Waals surface area contributed by atoms with Gasteiger partial charge in [-0.15, -0.1) is 0 Å². The first-order valence-electron chi connectivity index (χ1n) is 13.2. The molecule has 1 aliphatic heterocycles. The number of rotatable bonds is 10. The minimum Gasteiger partial charge on any atom is -0.462 e. The van der Waals surface area contributed by atoms with Crippen LogP contribution in [0.25, 0.3) is 33.4 Å². The molecule has 1 heterocycles. The van der Waals surface area contributed by atoms with Crippen LogP contribution < -0.4 is 14.8 Å². The molecule has 0 unspecified atom stereocenters. The summed E-state index contributed by atoms with van der Waals surface area (Å²) >= 11 is 3.41. The SMILES string of the molecule is CCN(CC)c1ccc2c(-c3ccccc3C(=O)OCCCBr)c3ccc(=[N+](CC)CC)cc-3oc2c1. The summed E-state index contributed by atoms with van der Waals surface area (Å²) in [5, 5.41) is 2.88. The molecule has 0 N–H and O–H groups in total. The largest absolute Gasteiger partial charge is 0.462 e. The van der Waals surface area contributed by atoms with Gasteiger partial charge in [0.25, 0.3) is 0 Å². The van der Waals surface area contributed by atoms with Gasteiger partial charge in [0.05, 0.1) is 18.2 Å². The highest BCUT2D eigenvalue weighted by atomic mass is 79.9. The molecule has 4 rings (SSSR count). The number of benzene rings is 3. The van der Waals surface area contributed by atoms with E-state index in [2.05, 4.69) is 89.5 Å². The zero-order valence-corrected chi connectivity index (χ0v) is 23.8. The van der Waals surface area contributed by atoms with Crippen molar-refractivity contribution in [3.8, 4) is 22.5 Å². The molecular formula is C31H36BrN2O3+. The first-order chi connectivity index (χ1) is 18.1. The quantitative estimate of drug-likeness (QED) is 0.0699. The zero-order chi connectivity index (χ0) is 26.4. The van der Waals surface area contributed by atoms with E-state index in [1.54, 1.807) is 0 Å². The van der Waals surface area contributed by atoms with Gasteiger partial charge in [-0.1, -0.05) is 34.1 Å². The van der Waals surface area contributed by atoms with Gasteiger partial charge in [-0.2, -0.15) is 0 Å². The molecule has 37 heavy (non-hydrogen) atoms. The molecule has 0 saturated carbocycles. The Balaban J connectivity index is 2.03. The fraction of sp³-hybridized carbons (Fsp3) is 0.355. The Morgan fingerprint density at radius 3 is 2.41 bits per heavy atom. The van der Waals surface area contributed by atoms with E-state index < -0.39 is 0 Å². The van der Waals surface area contributed by atoms with Crippen LogP contribution in [0.15, 0.2) is 65.1 Å². The third-order valence-corrected chi connectivity index (χ3v) is 7.43. The molecule has 0 bridgehead atoms. The summed E-state index contributed by atoms with van der Waals surface area (Å²) in [5.74, 6) is 0.490. The third kappa shape index (κ3) is 5.59. The average Bonchev–Trinajstić information content (AvgIpc) is 2.93. The summed E-state index contributed by atoms with van der Waals surface area (Å²) in [6, 6.07) is 20.5. The summed E-state index contributed by atoms with van der Waals surface area (Å²) in [4.78, 5) is 15.5. The molecule has 0 radical (unpaired) electrons. The number of esters is 1. The van der Waals surface area contributed by atoms with Gasteiger partial charge in [-0.25, -0.2) is 9.37 Å². The van der Waals surface area contributed by atoms with E-state index in [-0.39, 0.29) is 5.97 Å². The van der Waals surface area contributed by atoms with Crippen molar-refractivity contribution < 1.29 is 13.9 Å². The minimum atomic E-state index is -0.307. The van der Waals surface area contributed by atoms with Gasteiger partial charge in [-0.05, 0) is 63.9 Å². The fourth-order valence-corrected chi connectivity index (χ4v) is 5.13. The molecule has 0 atom stereocenters. The number of carbonyl (C=O) groups is 1.